The molecule has 234 valence electrons. The number of carbonyl (C=O) groups is 2. The highest BCUT2D eigenvalue weighted by atomic mass is 16.5. The Labute approximate surface area is 258 Å². The molecule has 2 fully saturated rings. The van der Waals surface area contributed by atoms with Crippen LogP contribution in [-0.4, -0.2) is 82.8 Å². The van der Waals surface area contributed by atoms with Crippen molar-refractivity contribution in [2.45, 2.75) is 63.5 Å². The van der Waals surface area contributed by atoms with Gasteiger partial charge < -0.3 is 20.3 Å². The molecule has 1 spiro atoms. The third-order valence-electron chi connectivity index (χ3n) is 8.65. The highest BCUT2D eigenvalue weighted by Gasteiger charge is 2.40. The fourth-order valence-corrected chi connectivity index (χ4v) is 6.48. The Morgan fingerprint density at radius 2 is 1.74 bits per heavy atom. The summed E-state index contributed by atoms with van der Waals surface area (Å²) in [5.74, 6) is 0.691. The molecule has 1 aliphatic carbocycles. The lowest BCUT2D eigenvalue weighted by atomic mass is 9.77. The molecule has 2 aromatic carbocycles. The van der Waals surface area contributed by atoms with Crippen molar-refractivity contribution in [2.24, 2.45) is 10.4 Å². The molecule has 0 bridgehead atoms. The first-order valence-electron chi connectivity index (χ1n) is 15.6. The van der Waals surface area contributed by atoms with Gasteiger partial charge in [0.1, 0.15) is 12.0 Å². The summed E-state index contributed by atoms with van der Waals surface area (Å²) in [5.41, 5.74) is 3.39. The zero-order chi connectivity index (χ0) is 30.9. The highest BCUT2D eigenvalue weighted by Crippen LogP contribution is 2.46. The molecule has 43 heavy (non-hydrogen) atoms. The van der Waals surface area contributed by atoms with Crippen LogP contribution in [0.25, 0.3) is 5.70 Å². The molecule has 4 rings (SSSR count). The third-order valence-corrected chi connectivity index (χ3v) is 8.65. The zero-order valence-corrected chi connectivity index (χ0v) is 26.5. The Balaban J connectivity index is 0.000000259. The molecule has 2 atom stereocenters. The first-order chi connectivity index (χ1) is 20.9. The van der Waals surface area contributed by atoms with Gasteiger partial charge in [0.25, 0.3) is 0 Å². The number of nitrogens with one attached hydrogen (secondary N) is 2. The standard InChI is InChI=1S/C22H35N3O.C13H16N2O2/c1-23-20(10-14-24-18-26)16-21(19-8-3-2-4-9-19)25-15-7-13-22(17-25)11-5-6-12-22;1-15(2)10-14-12(8-9-16)11-6-4-5-7-13(11)17-3/h2-4,8-9,18,20-21,23H,5-7,10-17H2,1H3,(H,24,26);4-10H,1-3H3/b;12-8-,14-10?. The Kier molecular flexibility index (Phi) is 14.4. The normalized spacial score (nSPS) is 18.0. The van der Waals surface area contributed by atoms with Crippen LogP contribution >= 0.6 is 0 Å². The van der Waals surface area contributed by atoms with Gasteiger partial charge in [-0.05, 0) is 75.2 Å². The molecule has 1 aliphatic heterocycles. The van der Waals surface area contributed by atoms with E-state index >= 15 is 0 Å². The van der Waals surface area contributed by atoms with E-state index in [-0.39, 0.29) is 0 Å². The molecule has 0 aromatic heterocycles. The van der Waals surface area contributed by atoms with Crippen LogP contribution in [0.1, 0.15) is 68.5 Å². The average molecular weight is 590 g/mol. The van der Waals surface area contributed by atoms with Gasteiger partial charge in [0.2, 0.25) is 6.41 Å². The minimum absolute atomic E-state index is 0.411. The average Bonchev–Trinajstić information content (AvgIpc) is 3.48. The van der Waals surface area contributed by atoms with Crippen LogP contribution in [0.2, 0.25) is 0 Å². The van der Waals surface area contributed by atoms with Crippen molar-refractivity contribution < 1.29 is 14.3 Å². The summed E-state index contributed by atoms with van der Waals surface area (Å²) in [6, 6.07) is 19.3. The molecule has 0 radical (unpaired) electrons. The fourth-order valence-electron chi connectivity index (χ4n) is 6.48. The number of aliphatic imine (C=N–C) groups is 1. The van der Waals surface area contributed by atoms with E-state index in [0.717, 1.165) is 37.6 Å². The summed E-state index contributed by atoms with van der Waals surface area (Å²) in [4.78, 5) is 30.0. The number of ether oxygens (including phenoxy) is 1. The molecule has 1 saturated heterocycles. The van der Waals surface area contributed by atoms with Crippen molar-refractivity contribution in [1.82, 2.24) is 20.4 Å². The number of benzene rings is 2. The van der Waals surface area contributed by atoms with Crippen LogP contribution in [0.4, 0.5) is 0 Å². The molecular formula is C35H51N5O3. The molecule has 8 nitrogen and oxygen atoms in total. The fraction of sp³-hybridized carbons (Fsp3) is 0.514. The Hall–Kier alpha value is -3.49. The SMILES string of the molecule is CNC(CCNC=O)CC(c1ccccc1)N1CCCC2(CCCC2)C1.COc1ccccc1/C(=C/C=O)N=CN(C)C. The number of nitrogens with zero attached hydrogens (tertiary/aromatic N) is 3. The molecule has 1 heterocycles. The zero-order valence-electron chi connectivity index (χ0n) is 26.5. The second kappa shape index (κ2) is 18.2. The van der Waals surface area contributed by atoms with Crippen LogP contribution in [-0.2, 0) is 9.59 Å². The van der Waals surface area contributed by atoms with Crippen molar-refractivity contribution >= 4 is 24.7 Å². The van der Waals surface area contributed by atoms with Gasteiger partial charge in [0.05, 0.1) is 19.1 Å². The number of aldehydes is 1. The quantitative estimate of drug-likeness (QED) is 0.102. The number of rotatable bonds is 14. The topological polar surface area (TPSA) is 86.3 Å². The largest absolute Gasteiger partial charge is 0.496 e. The first-order valence-corrected chi connectivity index (χ1v) is 15.6. The summed E-state index contributed by atoms with van der Waals surface area (Å²) in [6.45, 7) is 3.21. The number of piperidine rings is 1. The van der Waals surface area contributed by atoms with Crippen molar-refractivity contribution in [3.05, 3.63) is 71.8 Å². The van der Waals surface area contributed by atoms with Gasteiger partial charge in [-0.1, -0.05) is 55.3 Å². The maximum Gasteiger partial charge on any atom is 0.207 e. The number of hydrogen-bond acceptors (Lipinski definition) is 6. The summed E-state index contributed by atoms with van der Waals surface area (Å²) in [5, 5.41) is 6.29. The summed E-state index contributed by atoms with van der Waals surface area (Å²) < 4.78 is 5.24. The van der Waals surface area contributed by atoms with E-state index < -0.39 is 0 Å². The predicted octanol–water partition coefficient (Wildman–Crippen LogP) is 5.32. The summed E-state index contributed by atoms with van der Waals surface area (Å²) in [7, 11) is 7.36. The van der Waals surface area contributed by atoms with E-state index in [1.807, 2.05) is 45.4 Å². The van der Waals surface area contributed by atoms with Gasteiger partial charge in [-0.15, -0.1) is 0 Å². The number of carbonyl (C=O) groups excluding carboxylic acids is 2. The van der Waals surface area contributed by atoms with E-state index in [9.17, 15) is 9.59 Å². The van der Waals surface area contributed by atoms with Crippen LogP contribution in [0.3, 0.4) is 0 Å². The van der Waals surface area contributed by atoms with E-state index in [0.29, 0.717) is 28.9 Å². The van der Waals surface area contributed by atoms with Crippen molar-refractivity contribution in [1.29, 1.82) is 0 Å². The Bertz CT molecular complexity index is 1160. The summed E-state index contributed by atoms with van der Waals surface area (Å²) >= 11 is 0. The van der Waals surface area contributed by atoms with Gasteiger partial charge in [0.15, 0.2) is 0 Å². The Morgan fingerprint density at radius 3 is 2.40 bits per heavy atom. The highest BCUT2D eigenvalue weighted by molar-refractivity contribution is 5.85. The van der Waals surface area contributed by atoms with E-state index in [1.54, 1.807) is 18.3 Å². The maximum atomic E-state index is 10.6. The van der Waals surface area contributed by atoms with Crippen LogP contribution in [0.5, 0.6) is 5.75 Å². The number of para-hydroxylation sites is 1. The van der Waals surface area contributed by atoms with Crippen molar-refractivity contribution in [3.8, 4) is 5.75 Å². The number of allylic oxidation sites excluding steroid dienone is 1. The minimum atomic E-state index is 0.411. The minimum Gasteiger partial charge on any atom is -0.496 e. The molecule has 1 amide bonds. The third kappa shape index (κ3) is 10.6. The van der Waals surface area contributed by atoms with E-state index in [4.69, 9.17) is 4.74 Å². The maximum absolute atomic E-state index is 10.6. The second-order valence-electron chi connectivity index (χ2n) is 11.9. The van der Waals surface area contributed by atoms with E-state index in [1.165, 1.54) is 63.3 Å². The Morgan fingerprint density at radius 1 is 1.05 bits per heavy atom. The number of hydrogen-bond donors (Lipinski definition) is 2. The number of likely N-dealkylation sites (tertiary alicyclic amines) is 1. The van der Waals surface area contributed by atoms with Gasteiger partial charge in [-0.2, -0.15) is 0 Å². The molecule has 2 N–H and O–H groups in total. The number of methoxy groups -OCH3 is 1. The van der Waals surface area contributed by atoms with Gasteiger partial charge in [0, 0.05) is 50.9 Å². The van der Waals surface area contributed by atoms with Gasteiger partial charge >= 0.3 is 0 Å². The van der Waals surface area contributed by atoms with Crippen molar-refractivity contribution in [3.63, 3.8) is 0 Å². The van der Waals surface area contributed by atoms with Crippen LogP contribution < -0.4 is 15.4 Å². The van der Waals surface area contributed by atoms with Crippen molar-refractivity contribution in [2.75, 3.05) is 47.9 Å². The number of amides is 1. The lowest BCUT2D eigenvalue weighted by molar-refractivity contribution is -0.109. The first kappa shape index (κ1) is 34.0. The molecule has 8 heteroatoms. The van der Waals surface area contributed by atoms with Crippen LogP contribution in [0.15, 0.2) is 65.7 Å². The predicted molar refractivity (Wildman–Crippen MR) is 176 cm³/mol. The van der Waals surface area contributed by atoms with E-state index in [2.05, 4.69) is 50.9 Å². The lowest BCUT2D eigenvalue weighted by Crippen LogP contribution is -2.45. The molecule has 2 aromatic rings. The van der Waals surface area contributed by atoms with Gasteiger partial charge in [-0.3, -0.25) is 14.5 Å². The van der Waals surface area contributed by atoms with Crippen LogP contribution in [0, 0.1) is 5.41 Å². The molecule has 1 saturated carbocycles. The van der Waals surface area contributed by atoms with Gasteiger partial charge in [-0.25, -0.2) is 4.99 Å². The molecule has 2 aliphatic rings. The molecular weight excluding hydrogens is 538 g/mol. The molecule has 2 unspecified atom stereocenters. The second-order valence-corrected chi connectivity index (χ2v) is 11.9. The summed E-state index contributed by atoms with van der Waals surface area (Å²) in [6.07, 6.45) is 15.1. The lowest BCUT2D eigenvalue weighted by Gasteiger charge is -2.45. The monoisotopic (exact) mass is 589 g/mol. The smallest absolute Gasteiger partial charge is 0.207 e.